The quantitative estimate of drug-likeness (QED) is 0.650. The first-order valence-corrected chi connectivity index (χ1v) is 9.16. The molecule has 2 amide bonds. The van der Waals surface area contributed by atoms with Crippen molar-refractivity contribution in [2.24, 2.45) is 0 Å². The van der Waals surface area contributed by atoms with E-state index in [9.17, 15) is 9.59 Å². The maximum absolute atomic E-state index is 12.6. The molecule has 1 heterocycles. The topological polar surface area (TPSA) is 80.3 Å². The lowest BCUT2D eigenvalue weighted by Crippen LogP contribution is -2.41. The number of amides is 2. The van der Waals surface area contributed by atoms with Gasteiger partial charge in [0.15, 0.2) is 0 Å². The molecule has 0 radical (unpaired) electrons. The van der Waals surface area contributed by atoms with Crippen LogP contribution in [0.4, 0.5) is 0 Å². The lowest BCUT2D eigenvalue weighted by atomic mass is 10.1. The molecule has 6 nitrogen and oxygen atoms in total. The second-order valence-corrected chi connectivity index (χ2v) is 7.17. The van der Waals surface area contributed by atoms with Gasteiger partial charge in [-0.15, -0.1) is 11.3 Å². The van der Waals surface area contributed by atoms with Crippen LogP contribution in [-0.4, -0.2) is 23.9 Å². The summed E-state index contributed by atoms with van der Waals surface area (Å²) in [6.45, 7) is 1.82. The molecule has 0 bridgehead atoms. The summed E-state index contributed by atoms with van der Waals surface area (Å²) in [5, 5.41) is 1.14. The number of hydrogen-bond acceptors (Lipinski definition) is 5. The fourth-order valence-electron chi connectivity index (χ4n) is 2.47. The van der Waals surface area contributed by atoms with Gasteiger partial charge in [0.2, 0.25) is 0 Å². The highest BCUT2D eigenvalue weighted by Crippen LogP contribution is 2.28. The zero-order valence-corrected chi connectivity index (χ0v) is 16.1. The minimum Gasteiger partial charge on any atom is -0.496 e. The number of nitrogens with one attached hydrogen (secondary N) is 2. The third kappa shape index (κ3) is 4.27. The smallest absolute Gasteiger partial charge is 0.282 e. The lowest BCUT2D eigenvalue weighted by Gasteiger charge is -2.10. The lowest BCUT2D eigenvalue weighted by molar-refractivity contribution is 0.0847. The Morgan fingerprint density at radius 3 is 2.48 bits per heavy atom. The normalized spacial score (nSPS) is 10.3. The third-order valence-corrected chi connectivity index (χ3v) is 4.89. The predicted octanol–water partition coefficient (Wildman–Crippen LogP) is 3.86. The maximum atomic E-state index is 12.6. The average molecular weight is 402 g/mol. The number of methoxy groups -OCH3 is 1. The van der Waals surface area contributed by atoms with Gasteiger partial charge < -0.3 is 4.74 Å². The van der Waals surface area contributed by atoms with Crippen molar-refractivity contribution in [3.8, 4) is 17.0 Å². The Kier molecular flexibility index (Phi) is 5.73. The average Bonchev–Trinajstić information content (AvgIpc) is 3.08. The summed E-state index contributed by atoms with van der Waals surface area (Å²) in [6.07, 6.45) is 0. The number of carbonyl (C=O) groups excluding carboxylic acids is 2. The standard InChI is InChI=1S/C19H16ClN3O3S/c1-11-21-16(12-6-4-3-5-7-12)17(27-11)19(25)23-22-18(24)14-10-13(20)8-9-15(14)26-2/h3-10H,1-2H3,(H,22,24)(H,23,25). The zero-order valence-electron chi connectivity index (χ0n) is 14.6. The highest BCUT2D eigenvalue weighted by atomic mass is 35.5. The summed E-state index contributed by atoms with van der Waals surface area (Å²) in [6, 6.07) is 14.1. The van der Waals surface area contributed by atoms with E-state index in [1.165, 1.54) is 24.5 Å². The minimum absolute atomic E-state index is 0.217. The number of halogens is 1. The van der Waals surface area contributed by atoms with E-state index in [1.807, 2.05) is 37.3 Å². The van der Waals surface area contributed by atoms with Crippen molar-refractivity contribution in [2.45, 2.75) is 6.92 Å². The number of hydrogen-bond donors (Lipinski definition) is 2. The van der Waals surface area contributed by atoms with Crippen LogP contribution in [0.5, 0.6) is 5.75 Å². The Hall–Kier alpha value is -2.90. The second kappa shape index (κ2) is 8.20. The Labute approximate surface area is 165 Å². The monoisotopic (exact) mass is 401 g/mol. The first-order chi connectivity index (χ1) is 13.0. The van der Waals surface area contributed by atoms with Crippen LogP contribution in [0.15, 0.2) is 48.5 Å². The van der Waals surface area contributed by atoms with E-state index in [4.69, 9.17) is 16.3 Å². The van der Waals surface area contributed by atoms with Crippen molar-refractivity contribution in [1.29, 1.82) is 0 Å². The van der Waals surface area contributed by atoms with Crippen LogP contribution in [0.25, 0.3) is 11.3 Å². The number of ether oxygens (including phenoxy) is 1. The van der Waals surface area contributed by atoms with Crippen molar-refractivity contribution in [3.63, 3.8) is 0 Å². The first kappa shape index (κ1) is 18.9. The van der Waals surface area contributed by atoms with Crippen LogP contribution < -0.4 is 15.6 Å². The molecule has 0 saturated heterocycles. The molecular formula is C19H16ClN3O3S. The van der Waals surface area contributed by atoms with E-state index in [2.05, 4.69) is 15.8 Å². The van der Waals surface area contributed by atoms with Gasteiger partial charge in [0.25, 0.3) is 11.8 Å². The SMILES string of the molecule is COc1ccc(Cl)cc1C(=O)NNC(=O)c1sc(C)nc1-c1ccccc1. The van der Waals surface area contributed by atoms with Crippen LogP contribution in [0.2, 0.25) is 5.02 Å². The van der Waals surface area contributed by atoms with Crippen molar-refractivity contribution < 1.29 is 14.3 Å². The Morgan fingerprint density at radius 2 is 1.78 bits per heavy atom. The molecule has 8 heteroatoms. The van der Waals surface area contributed by atoms with Gasteiger partial charge in [0.05, 0.1) is 23.4 Å². The molecule has 0 aliphatic carbocycles. The predicted molar refractivity (Wildman–Crippen MR) is 105 cm³/mol. The maximum Gasteiger partial charge on any atom is 0.282 e. The van der Waals surface area contributed by atoms with Crippen molar-refractivity contribution in [1.82, 2.24) is 15.8 Å². The summed E-state index contributed by atoms with van der Waals surface area (Å²) in [7, 11) is 1.45. The van der Waals surface area contributed by atoms with Crippen molar-refractivity contribution in [2.75, 3.05) is 7.11 Å². The highest BCUT2D eigenvalue weighted by Gasteiger charge is 2.20. The summed E-state index contributed by atoms with van der Waals surface area (Å²) in [5.74, 6) is -0.635. The minimum atomic E-state index is -0.537. The molecule has 1 aromatic heterocycles. The van der Waals surface area contributed by atoms with Gasteiger partial charge in [-0.1, -0.05) is 41.9 Å². The molecule has 3 aromatic rings. The molecule has 2 N–H and O–H groups in total. The summed E-state index contributed by atoms with van der Waals surface area (Å²) >= 11 is 7.19. The first-order valence-electron chi connectivity index (χ1n) is 7.96. The Morgan fingerprint density at radius 1 is 1.07 bits per heavy atom. The fourth-order valence-corrected chi connectivity index (χ4v) is 3.48. The largest absolute Gasteiger partial charge is 0.496 e. The summed E-state index contributed by atoms with van der Waals surface area (Å²) < 4.78 is 5.15. The number of thiazole rings is 1. The van der Waals surface area contributed by atoms with Gasteiger partial charge in [-0.3, -0.25) is 20.4 Å². The Balaban J connectivity index is 1.78. The fraction of sp³-hybridized carbons (Fsp3) is 0.105. The van der Waals surface area contributed by atoms with Crippen LogP contribution in [0.3, 0.4) is 0 Å². The number of rotatable bonds is 4. The Bertz CT molecular complexity index is 989. The van der Waals surface area contributed by atoms with Gasteiger partial charge in [0.1, 0.15) is 10.6 Å². The van der Waals surface area contributed by atoms with E-state index >= 15 is 0 Å². The molecule has 3 rings (SSSR count). The van der Waals surface area contributed by atoms with Crippen molar-refractivity contribution in [3.05, 3.63) is 69.0 Å². The number of aromatic nitrogens is 1. The molecule has 2 aromatic carbocycles. The number of hydrazine groups is 1. The van der Waals surface area contributed by atoms with E-state index in [1.54, 1.807) is 12.1 Å². The molecule has 0 spiro atoms. The number of benzene rings is 2. The van der Waals surface area contributed by atoms with Gasteiger partial charge in [0, 0.05) is 10.6 Å². The molecule has 0 atom stereocenters. The molecule has 138 valence electrons. The van der Waals surface area contributed by atoms with Crippen LogP contribution in [-0.2, 0) is 0 Å². The van der Waals surface area contributed by atoms with Crippen LogP contribution in [0.1, 0.15) is 25.0 Å². The molecular weight excluding hydrogens is 386 g/mol. The van der Waals surface area contributed by atoms with Crippen LogP contribution in [0, 0.1) is 6.92 Å². The second-order valence-electron chi connectivity index (χ2n) is 5.53. The number of aryl methyl sites for hydroxylation is 1. The van der Waals surface area contributed by atoms with E-state index in [0.29, 0.717) is 21.3 Å². The summed E-state index contributed by atoms with van der Waals surface area (Å²) in [5.41, 5.74) is 6.43. The van der Waals surface area contributed by atoms with Crippen LogP contribution >= 0.6 is 22.9 Å². The molecule has 0 aliphatic heterocycles. The van der Waals surface area contributed by atoms with Gasteiger partial charge >= 0.3 is 0 Å². The number of nitrogens with zero attached hydrogens (tertiary/aromatic N) is 1. The van der Waals surface area contributed by atoms with Gasteiger partial charge in [-0.2, -0.15) is 0 Å². The molecule has 0 unspecified atom stereocenters. The van der Waals surface area contributed by atoms with Gasteiger partial charge in [-0.05, 0) is 25.1 Å². The number of carbonyl (C=O) groups is 2. The van der Waals surface area contributed by atoms with E-state index in [-0.39, 0.29) is 5.56 Å². The highest BCUT2D eigenvalue weighted by molar-refractivity contribution is 7.14. The zero-order chi connectivity index (χ0) is 19.4. The summed E-state index contributed by atoms with van der Waals surface area (Å²) in [4.78, 5) is 29.8. The third-order valence-electron chi connectivity index (χ3n) is 3.68. The molecule has 0 aliphatic rings. The molecule has 27 heavy (non-hydrogen) atoms. The van der Waals surface area contributed by atoms with Crippen molar-refractivity contribution >= 4 is 34.8 Å². The molecule has 0 fully saturated rings. The van der Waals surface area contributed by atoms with Gasteiger partial charge in [-0.25, -0.2) is 4.98 Å². The van der Waals surface area contributed by atoms with E-state index < -0.39 is 11.8 Å². The molecule has 0 saturated carbocycles. The van der Waals surface area contributed by atoms with E-state index in [0.717, 1.165) is 10.6 Å².